The van der Waals surface area contributed by atoms with Gasteiger partial charge in [0.25, 0.3) is 0 Å². The van der Waals surface area contributed by atoms with E-state index >= 15 is 0 Å². The molecule has 3 aliphatic rings. The fourth-order valence-electron chi connectivity index (χ4n) is 9.95. The lowest BCUT2D eigenvalue weighted by Gasteiger charge is -2.34. The first kappa shape index (κ1) is 50.2. The average molecular weight is 926 g/mol. The van der Waals surface area contributed by atoms with Crippen LogP contribution in [0.1, 0.15) is 108 Å². The molecule has 16 heteroatoms. The van der Waals surface area contributed by atoms with Gasteiger partial charge in [-0.2, -0.15) is 0 Å². The molecule has 0 spiro atoms. The summed E-state index contributed by atoms with van der Waals surface area (Å²) in [6, 6.07) is 18.3. The van der Waals surface area contributed by atoms with Crippen molar-refractivity contribution < 1.29 is 42.6 Å². The second kappa shape index (κ2) is 24.5. The minimum absolute atomic E-state index is 0.0142. The van der Waals surface area contributed by atoms with Crippen molar-refractivity contribution in [3.8, 4) is 0 Å². The van der Waals surface area contributed by atoms with E-state index in [1.165, 1.54) is 26.4 Å². The first-order valence-electron chi connectivity index (χ1n) is 24.0. The number of nitrogens with zero attached hydrogens (tertiary/aromatic N) is 3. The predicted molar refractivity (Wildman–Crippen MR) is 254 cm³/mol. The number of nitrogens with one attached hydrogen (secondary N) is 4. The molecule has 2 aliphatic heterocycles. The molecule has 3 aromatic rings. The lowest BCUT2D eigenvalue weighted by molar-refractivity contribution is -0.139. The number of alkyl carbamates (subject to hydrolysis) is 2. The Morgan fingerprint density at radius 2 is 1.10 bits per heavy atom. The minimum atomic E-state index is -0.793. The molecule has 362 valence electrons. The van der Waals surface area contributed by atoms with Gasteiger partial charge in [0.1, 0.15) is 30.0 Å². The topological polar surface area (TPSA) is 179 Å². The molecule has 4 N–H and O–H groups in total. The highest BCUT2D eigenvalue weighted by atomic mass is 19.1. The molecule has 3 aromatic carbocycles. The van der Waals surface area contributed by atoms with Crippen molar-refractivity contribution in [2.45, 2.75) is 135 Å². The van der Waals surface area contributed by atoms with E-state index in [2.05, 4.69) is 26.2 Å². The van der Waals surface area contributed by atoms with Gasteiger partial charge in [-0.05, 0) is 123 Å². The van der Waals surface area contributed by atoms with Gasteiger partial charge in [0, 0.05) is 43.2 Å². The Bertz CT molecular complexity index is 2130. The molecule has 15 nitrogen and oxygen atoms in total. The molecule has 1 saturated carbocycles. The van der Waals surface area contributed by atoms with Crippen molar-refractivity contribution in [2.24, 2.45) is 11.8 Å². The standard InChI is InChI=1S/C51H68FN7O8/c1-5-12-36(13-6-2)44(55-50(64)66-3)48(62)58-30-10-16-42(58)46(60)53-39-24-18-34(19-25-39)32-57(41-28-22-38(52)23-29-41)33-35-20-26-40(27-21-35)54-47(61)43-17-11-31-59(43)49(63)45(56-51(65)67-4)37-14-8-7-9-15-37/h18-29,36-37,42-45H,5-17,30-33H2,1-4H3,(H,53,60)(H,54,61)(H,55,64)(H,56,65). The third-order valence-electron chi connectivity index (χ3n) is 13.4. The molecule has 6 amide bonds. The summed E-state index contributed by atoms with van der Waals surface area (Å²) in [4.78, 5) is 85.3. The van der Waals surface area contributed by atoms with Gasteiger partial charge in [0.05, 0.1) is 14.2 Å². The predicted octanol–water partition coefficient (Wildman–Crippen LogP) is 8.14. The van der Waals surface area contributed by atoms with Gasteiger partial charge >= 0.3 is 12.2 Å². The number of methoxy groups -OCH3 is 2. The van der Waals surface area contributed by atoms with Crippen LogP contribution in [0, 0.1) is 17.7 Å². The van der Waals surface area contributed by atoms with E-state index in [4.69, 9.17) is 9.47 Å². The maximum absolute atomic E-state index is 14.1. The molecule has 2 saturated heterocycles. The number of carbonyl (C=O) groups excluding carboxylic acids is 6. The molecule has 2 heterocycles. The molecule has 0 bridgehead atoms. The number of hydrogen-bond acceptors (Lipinski definition) is 9. The molecule has 0 radical (unpaired) electrons. The summed E-state index contributed by atoms with van der Waals surface area (Å²) >= 11 is 0. The third-order valence-corrected chi connectivity index (χ3v) is 13.4. The number of amides is 6. The number of likely N-dealkylation sites (tertiary alicyclic amines) is 2. The summed E-state index contributed by atoms with van der Waals surface area (Å²) in [7, 11) is 2.55. The van der Waals surface area contributed by atoms with Crippen LogP contribution in [0.5, 0.6) is 0 Å². The van der Waals surface area contributed by atoms with Gasteiger partial charge in [-0.25, -0.2) is 14.0 Å². The maximum Gasteiger partial charge on any atom is 0.407 e. The van der Waals surface area contributed by atoms with E-state index in [-0.39, 0.29) is 41.3 Å². The second-order valence-electron chi connectivity index (χ2n) is 18.0. The maximum atomic E-state index is 14.1. The summed E-state index contributed by atoms with van der Waals surface area (Å²) in [5.74, 6) is -1.56. The lowest BCUT2D eigenvalue weighted by Crippen LogP contribution is -2.55. The van der Waals surface area contributed by atoms with Gasteiger partial charge in [-0.3, -0.25) is 19.2 Å². The van der Waals surface area contributed by atoms with Crippen molar-refractivity contribution in [3.05, 3.63) is 89.7 Å². The number of benzene rings is 3. The Kier molecular flexibility index (Phi) is 18.4. The van der Waals surface area contributed by atoms with E-state index < -0.39 is 36.4 Å². The van der Waals surface area contributed by atoms with Gasteiger partial charge in [0.2, 0.25) is 23.6 Å². The van der Waals surface area contributed by atoms with Crippen LogP contribution in [0.2, 0.25) is 0 Å². The Hall–Kier alpha value is -6.19. The zero-order valence-electron chi connectivity index (χ0n) is 39.4. The average Bonchev–Trinajstić information content (AvgIpc) is 4.05. The van der Waals surface area contributed by atoms with Crippen LogP contribution < -0.4 is 26.2 Å². The highest BCUT2D eigenvalue weighted by molar-refractivity contribution is 5.99. The highest BCUT2D eigenvalue weighted by Gasteiger charge is 2.42. The largest absolute Gasteiger partial charge is 0.453 e. The highest BCUT2D eigenvalue weighted by Crippen LogP contribution is 2.31. The van der Waals surface area contributed by atoms with Crippen LogP contribution in [0.15, 0.2) is 72.8 Å². The molecular weight excluding hydrogens is 858 g/mol. The number of rotatable bonds is 19. The quantitative estimate of drug-likeness (QED) is 0.0924. The molecular formula is C51H68FN7O8. The van der Waals surface area contributed by atoms with Crippen molar-refractivity contribution >= 4 is 52.9 Å². The van der Waals surface area contributed by atoms with E-state index in [9.17, 15) is 33.2 Å². The van der Waals surface area contributed by atoms with Gasteiger partial charge < -0.3 is 45.4 Å². The van der Waals surface area contributed by atoms with Crippen LogP contribution >= 0.6 is 0 Å². The Morgan fingerprint density at radius 3 is 1.58 bits per heavy atom. The van der Waals surface area contributed by atoms with E-state index in [0.29, 0.717) is 63.2 Å². The molecule has 3 fully saturated rings. The summed E-state index contributed by atoms with van der Waals surface area (Å²) in [6.45, 7) is 5.84. The molecule has 67 heavy (non-hydrogen) atoms. The number of carbonyl (C=O) groups is 6. The molecule has 4 atom stereocenters. The summed E-state index contributed by atoms with van der Waals surface area (Å²) < 4.78 is 23.8. The first-order chi connectivity index (χ1) is 32.4. The summed E-state index contributed by atoms with van der Waals surface area (Å²) in [5, 5.41) is 11.5. The van der Waals surface area contributed by atoms with E-state index in [1.807, 2.05) is 62.4 Å². The Labute approximate surface area is 393 Å². The first-order valence-corrected chi connectivity index (χ1v) is 24.0. The fraction of sp³-hybridized carbons (Fsp3) is 0.529. The second-order valence-corrected chi connectivity index (χ2v) is 18.0. The van der Waals surface area contributed by atoms with Crippen LogP contribution in [-0.4, -0.2) is 97.1 Å². The van der Waals surface area contributed by atoms with Crippen molar-refractivity contribution in [2.75, 3.05) is 42.8 Å². The Morgan fingerprint density at radius 1 is 0.627 bits per heavy atom. The van der Waals surface area contributed by atoms with Gasteiger partial charge in [0.15, 0.2) is 0 Å². The summed E-state index contributed by atoms with van der Waals surface area (Å²) in [5.41, 5.74) is 3.81. The van der Waals surface area contributed by atoms with Crippen molar-refractivity contribution in [1.29, 1.82) is 0 Å². The lowest BCUT2D eigenvalue weighted by atomic mass is 9.83. The number of anilines is 3. The SMILES string of the molecule is CCCC(CCC)C(NC(=O)OC)C(=O)N1CCCC1C(=O)Nc1ccc(CN(Cc2ccc(NC(=O)C3CCCN3C(=O)C(NC(=O)OC)C3CCCCC3)cc2)c2ccc(F)cc2)cc1. The van der Waals surface area contributed by atoms with Crippen molar-refractivity contribution in [1.82, 2.24) is 20.4 Å². The molecule has 1 aliphatic carbocycles. The minimum Gasteiger partial charge on any atom is -0.453 e. The molecule has 6 rings (SSSR count). The van der Waals surface area contributed by atoms with Crippen molar-refractivity contribution in [3.63, 3.8) is 0 Å². The Balaban J connectivity index is 1.08. The third kappa shape index (κ3) is 13.5. The normalized spacial score (nSPS) is 18.2. The fourth-order valence-corrected chi connectivity index (χ4v) is 9.95. The van der Waals surface area contributed by atoms with Gasteiger partial charge in [-0.1, -0.05) is 70.2 Å². The van der Waals surface area contributed by atoms with Crippen LogP contribution in [0.25, 0.3) is 0 Å². The van der Waals surface area contributed by atoms with Gasteiger partial charge in [-0.15, -0.1) is 0 Å². The number of halogens is 1. The number of ether oxygens (including phenoxy) is 2. The van der Waals surface area contributed by atoms with Crippen LogP contribution in [0.3, 0.4) is 0 Å². The van der Waals surface area contributed by atoms with Crippen LogP contribution in [-0.2, 0) is 41.7 Å². The van der Waals surface area contributed by atoms with Crippen LogP contribution in [0.4, 0.5) is 31.0 Å². The van der Waals surface area contributed by atoms with E-state index in [1.54, 1.807) is 21.9 Å². The monoisotopic (exact) mass is 926 g/mol. The molecule has 0 aromatic heterocycles. The zero-order chi connectivity index (χ0) is 47.9. The van der Waals surface area contributed by atoms with E-state index in [0.717, 1.165) is 74.6 Å². The number of hydrogen-bond donors (Lipinski definition) is 4. The smallest absolute Gasteiger partial charge is 0.407 e. The molecule has 4 unspecified atom stereocenters. The summed E-state index contributed by atoms with van der Waals surface area (Å²) in [6.07, 6.45) is 8.95. The zero-order valence-corrected chi connectivity index (χ0v) is 39.4.